The monoisotopic (exact) mass is 286 g/mol. The summed E-state index contributed by atoms with van der Waals surface area (Å²) in [7, 11) is 0. The summed E-state index contributed by atoms with van der Waals surface area (Å²) in [5.41, 5.74) is 5.26. The largest absolute Gasteiger partial charge is 0.393 e. The lowest BCUT2D eigenvalue weighted by molar-refractivity contribution is -0.118. The normalized spacial score (nSPS) is 12.0. The molecular weight excluding hydrogens is 270 g/mol. The van der Waals surface area contributed by atoms with Crippen LogP contribution >= 0.6 is 12.2 Å². The van der Waals surface area contributed by atoms with Gasteiger partial charge in [0.05, 0.1) is 10.9 Å². The minimum absolute atomic E-state index is 0.0211. The van der Waals surface area contributed by atoms with Crippen LogP contribution in [-0.4, -0.2) is 10.9 Å². The van der Waals surface area contributed by atoms with Crippen LogP contribution in [0.4, 0.5) is 14.5 Å². The van der Waals surface area contributed by atoms with E-state index in [0.717, 1.165) is 6.07 Å². The summed E-state index contributed by atoms with van der Waals surface area (Å²) in [5.74, 6) is -2.92. The smallest absolute Gasteiger partial charge is 0.234 e. The van der Waals surface area contributed by atoms with E-state index >= 15 is 0 Å². The fraction of sp³-hybridized carbons (Fsp3) is 0.385. The molecule has 0 aliphatic heterocycles. The Kier molecular flexibility index (Phi) is 5.35. The molecule has 1 amide bonds. The maximum atomic E-state index is 13.8. The molecule has 0 radical (unpaired) electrons. The number of carbonyl (C=O) groups excluding carboxylic acids is 1. The van der Waals surface area contributed by atoms with Crippen molar-refractivity contribution in [1.29, 1.82) is 0 Å². The average Bonchev–Trinajstić information content (AvgIpc) is 2.35. The van der Waals surface area contributed by atoms with Crippen molar-refractivity contribution in [1.82, 2.24) is 0 Å². The van der Waals surface area contributed by atoms with E-state index in [0.29, 0.717) is 12.8 Å². The molecule has 0 heterocycles. The number of nitrogens with two attached hydrogens (primary N) is 1. The average molecular weight is 286 g/mol. The molecule has 1 rings (SSSR count). The second kappa shape index (κ2) is 6.56. The second-order valence-electron chi connectivity index (χ2n) is 4.29. The summed E-state index contributed by atoms with van der Waals surface area (Å²) in [4.78, 5) is 12.0. The molecule has 19 heavy (non-hydrogen) atoms. The zero-order valence-electron chi connectivity index (χ0n) is 10.8. The molecule has 0 aliphatic carbocycles. The van der Waals surface area contributed by atoms with Crippen LogP contribution in [0.25, 0.3) is 0 Å². The second-order valence-corrected chi connectivity index (χ2v) is 4.76. The summed E-state index contributed by atoms with van der Waals surface area (Å²) >= 11 is 4.80. The van der Waals surface area contributed by atoms with Crippen molar-refractivity contribution in [3.63, 3.8) is 0 Å². The Morgan fingerprint density at radius 2 is 2.11 bits per heavy atom. The third-order valence-corrected chi connectivity index (χ3v) is 3.05. The summed E-state index contributed by atoms with van der Waals surface area (Å²) in [6, 6.07) is 2.40. The first-order valence-electron chi connectivity index (χ1n) is 5.93. The summed E-state index contributed by atoms with van der Waals surface area (Å²) in [5, 5.41) is 2.23. The van der Waals surface area contributed by atoms with Crippen LogP contribution in [0.2, 0.25) is 0 Å². The first-order valence-corrected chi connectivity index (χ1v) is 6.34. The van der Waals surface area contributed by atoms with Gasteiger partial charge in [0.1, 0.15) is 11.5 Å². The maximum absolute atomic E-state index is 13.8. The first kappa shape index (κ1) is 15.5. The van der Waals surface area contributed by atoms with Gasteiger partial charge in [0.2, 0.25) is 5.91 Å². The molecular formula is C13H16F2N2OS. The number of amides is 1. The third kappa shape index (κ3) is 3.70. The van der Waals surface area contributed by atoms with Gasteiger partial charge in [0.15, 0.2) is 5.82 Å². The molecule has 0 bridgehead atoms. The number of rotatable bonds is 5. The van der Waals surface area contributed by atoms with Crippen molar-refractivity contribution in [3.05, 3.63) is 29.3 Å². The molecule has 6 heteroatoms. The van der Waals surface area contributed by atoms with Gasteiger partial charge in [-0.25, -0.2) is 8.78 Å². The van der Waals surface area contributed by atoms with Gasteiger partial charge in [-0.05, 0) is 25.0 Å². The van der Waals surface area contributed by atoms with Crippen molar-refractivity contribution in [3.8, 4) is 0 Å². The number of nitrogens with one attached hydrogen (secondary N) is 1. The quantitative estimate of drug-likeness (QED) is 0.818. The van der Waals surface area contributed by atoms with Crippen LogP contribution in [0, 0.1) is 24.5 Å². The molecule has 0 fully saturated rings. The first-order chi connectivity index (χ1) is 8.88. The van der Waals surface area contributed by atoms with Gasteiger partial charge in [0, 0.05) is 0 Å². The Morgan fingerprint density at radius 3 is 2.63 bits per heavy atom. The summed E-state index contributed by atoms with van der Waals surface area (Å²) in [6.07, 6.45) is 1.13. The van der Waals surface area contributed by atoms with Crippen molar-refractivity contribution < 1.29 is 13.6 Å². The predicted molar refractivity (Wildman–Crippen MR) is 74.9 cm³/mol. The molecule has 1 aromatic rings. The molecule has 1 unspecified atom stereocenters. The Hall–Kier alpha value is -1.56. The molecule has 0 aliphatic rings. The van der Waals surface area contributed by atoms with Crippen molar-refractivity contribution in [2.45, 2.75) is 26.7 Å². The number of thiocarbonyl (C=S) groups is 1. The fourth-order valence-electron chi connectivity index (χ4n) is 1.67. The highest BCUT2D eigenvalue weighted by Crippen LogP contribution is 2.23. The van der Waals surface area contributed by atoms with Gasteiger partial charge in [0.25, 0.3) is 0 Å². The molecule has 1 atom stereocenters. The topological polar surface area (TPSA) is 55.1 Å². The van der Waals surface area contributed by atoms with Crippen molar-refractivity contribution >= 4 is 28.8 Å². The van der Waals surface area contributed by atoms with E-state index in [1.807, 2.05) is 6.92 Å². The molecule has 0 spiro atoms. The van der Waals surface area contributed by atoms with E-state index in [9.17, 15) is 13.6 Å². The van der Waals surface area contributed by atoms with Crippen LogP contribution in [0.1, 0.15) is 25.3 Å². The minimum atomic E-state index is -0.824. The van der Waals surface area contributed by atoms with Gasteiger partial charge in [-0.15, -0.1) is 0 Å². The Labute approximate surface area is 116 Å². The zero-order chi connectivity index (χ0) is 14.6. The number of hydrogen-bond donors (Lipinski definition) is 2. The van der Waals surface area contributed by atoms with E-state index in [1.54, 1.807) is 0 Å². The number of halogens is 2. The number of benzene rings is 1. The zero-order valence-corrected chi connectivity index (χ0v) is 11.6. The summed E-state index contributed by atoms with van der Waals surface area (Å²) < 4.78 is 27.3. The van der Waals surface area contributed by atoms with Gasteiger partial charge in [-0.3, -0.25) is 4.79 Å². The van der Waals surface area contributed by atoms with Crippen molar-refractivity contribution in [2.75, 3.05) is 5.32 Å². The van der Waals surface area contributed by atoms with Gasteiger partial charge in [-0.1, -0.05) is 31.6 Å². The molecule has 1 aromatic carbocycles. The standard InChI is InChI=1S/C13H16F2N2OS/c1-3-4-8(12(16)19)13(18)17-11-9(14)6-5-7(2)10(11)15/h5-6,8H,3-4H2,1-2H3,(H2,16,19)(H,17,18). The number of aryl methyl sites for hydroxylation is 1. The van der Waals surface area contributed by atoms with E-state index in [1.165, 1.54) is 13.0 Å². The minimum Gasteiger partial charge on any atom is -0.393 e. The molecule has 0 saturated carbocycles. The van der Waals surface area contributed by atoms with Gasteiger partial charge in [-0.2, -0.15) is 0 Å². The predicted octanol–water partition coefficient (Wildman–Crippen LogP) is 2.91. The lowest BCUT2D eigenvalue weighted by Crippen LogP contribution is -2.33. The SMILES string of the molecule is CCCC(C(=O)Nc1c(F)ccc(C)c1F)C(N)=S. The van der Waals surface area contributed by atoms with E-state index in [4.69, 9.17) is 18.0 Å². The van der Waals surface area contributed by atoms with E-state index in [2.05, 4.69) is 5.32 Å². The Morgan fingerprint density at radius 1 is 1.47 bits per heavy atom. The maximum Gasteiger partial charge on any atom is 0.234 e. The third-order valence-electron chi connectivity index (χ3n) is 2.77. The number of anilines is 1. The van der Waals surface area contributed by atoms with E-state index < -0.39 is 29.1 Å². The lowest BCUT2D eigenvalue weighted by atomic mass is 10.0. The van der Waals surface area contributed by atoms with Gasteiger partial charge >= 0.3 is 0 Å². The number of hydrogen-bond acceptors (Lipinski definition) is 2. The van der Waals surface area contributed by atoms with Gasteiger partial charge < -0.3 is 11.1 Å². The van der Waals surface area contributed by atoms with Crippen LogP contribution < -0.4 is 11.1 Å². The highest BCUT2D eigenvalue weighted by atomic mass is 32.1. The van der Waals surface area contributed by atoms with Crippen LogP contribution in [0.3, 0.4) is 0 Å². The van der Waals surface area contributed by atoms with E-state index in [-0.39, 0.29) is 10.6 Å². The van der Waals surface area contributed by atoms with Crippen molar-refractivity contribution in [2.24, 2.45) is 11.7 Å². The molecule has 0 saturated heterocycles. The molecule has 104 valence electrons. The highest BCUT2D eigenvalue weighted by Gasteiger charge is 2.23. The molecule has 0 aromatic heterocycles. The van der Waals surface area contributed by atoms with Crippen LogP contribution in [0.5, 0.6) is 0 Å². The molecule has 3 N–H and O–H groups in total. The van der Waals surface area contributed by atoms with Crippen LogP contribution in [0.15, 0.2) is 12.1 Å². The fourth-order valence-corrected chi connectivity index (χ4v) is 1.90. The Balaban J connectivity index is 2.99. The number of carbonyl (C=O) groups is 1. The summed E-state index contributed by atoms with van der Waals surface area (Å²) in [6.45, 7) is 3.36. The Bertz CT molecular complexity index is 506. The van der Waals surface area contributed by atoms with Crippen LogP contribution in [-0.2, 0) is 4.79 Å². The molecule has 3 nitrogen and oxygen atoms in total. The highest BCUT2D eigenvalue weighted by molar-refractivity contribution is 7.80. The lowest BCUT2D eigenvalue weighted by Gasteiger charge is -2.16.